The summed E-state index contributed by atoms with van der Waals surface area (Å²) in [4.78, 5) is 31.3. The van der Waals surface area contributed by atoms with Gasteiger partial charge in [-0.05, 0) is 25.0 Å². The minimum atomic E-state index is -0.251. The molecular formula is C17H21N4O2S+. The highest BCUT2D eigenvalue weighted by atomic mass is 32.1. The normalized spacial score (nSPS) is 24.3. The molecule has 2 aromatic rings. The standard InChI is InChI=1S/C17H20N4O2S/c22-15(21-9-7-18-17(21)23)11-20-8-3-4-12(10-20)16-19-13-5-1-2-6-14(13)24-16/h1-2,5-6,12H,3-4,7-11H2,(H,18,23)/p+1/t12-/m0/s1. The van der Waals surface area contributed by atoms with Crippen molar-refractivity contribution in [2.75, 3.05) is 32.7 Å². The van der Waals surface area contributed by atoms with Crippen molar-refractivity contribution in [3.05, 3.63) is 29.3 Å². The summed E-state index contributed by atoms with van der Waals surface area (Å²) in [5.74, 6) is 0.344. The summed E-state index contributed by atoms with van der Waals surface area (Å²) in [7, 11) is 0. The Bertz CT molecular complexity index is 742. The number of thiazole rings is 1. The SMILES string of the molecule is O=C(C[NH+]1CCC[C@H](c2nc3ccccc3s2)C1)N1CCNC1=O. The molecule has 3 amide bonds. The maximum atomic E-state index is 12.3. The van der Waals surface area contributed by atoms with Crippen LogP contribution in [0, 0.1) is 0 Å². The van der Waals surface area contributed by atoms with Crippen molar-refractivity contribution >= 4 is 33.5 Å². The minimum absolute atomic E-state index is 0.0649. The molecular weight excluding hydrogens is 324 g/mol. The first-order valence-electron chi connectivity index (χ1n) is 8.48. The summed E-state index contributed by atoms with van der Waals surface area (Å²) < 4.78 is 1.23. The molecule has 126 valence electrons. The number of carbonyl (C=O) groups is 2. The predicted molar refractivity (Wildman–Crippen MR) is 92.3 cm³/mol. The number of hydrogen-bond acceptors (Lipinski definition) is 4. The van der Waals surface area contributed by atoms with Gasteiger partial charge in [-0.2, -0.15) is 0 Å². The summed E-state index contributed by atoms with van der Waals surface area (Å²) in [6.07, 6.45) is 2.22. The van der Waals surface area contributed by atoms with E-state index in [0.29, 0.717) is 25.6 Å². The number of carbonyl (C=O) groups excluding carboxylic acids is 2. The van der Waals surface area contributed by atoms with Gasteiger partial charge in [0, 0.05) is 13.1 Å². The van der Waals surface area contributed by atoms with E-state index in [1.807, 2.05) is 12.1 Å². The fourth-order valence-electron chi connectivity index (χ4n) is 3.61. The Morgan fingerprint density at radius 2 is 2.29 bits per heavy atom. The number of rotatable bonds is 3. The van der Waals surface area contributed by atoms with E-state index in [-0.39, 0.29) is 11.9 Å². The lowest BCUT2D eigenvalue weighted by molar-refractivity contribution is -0.898. The topological polar surface area (TPSA) is 66.7 Å². The molecule has 2 aliphatic rings. The second kappa shape index (κ2) is 6.49. The number of aromatic nitrogens is 1. The maximum Gasteiger partial charge on any atom is 0.324 e. The third-order valence-corrected chi connectivity index (χ3v) is 6.04. The average molecular weight is 345 g/mol. The lowest BCUT2D eigenvalue weighted by Crippen LogP contribution is -3.14. The second-order valence-corrected chi connectivity index (χ2v) is 7.58. The summed E-state index contributed by atoms with van der Waals surface area (Å²) in [5, 5.41) is 3.87. The van der Waals surface area contributed by atoms with Crippen LogP contribution in [0.25, 0.3) is 10.2 Å². The smallest absolute Gasteiger partial charge is 0.324 e. The van der Waals surface area contributed by atoms with E-state index < -0.39 is 0 Å². The average Bonchev–Trinajstić information content (AvgIpc) is 3.21. The molecule has 2 aliphatic heterocycles. The summed E-state index contributed by atoms with van der Waals surface area (Å²) >= 11 is 1.77. The van der Waals surface area contributed by atoms with Gasteiger partial charge in [0.25, 0.3) is 5.91 Å². The number of para-hydroxylation sites is 1. The molecule has 0 saturated carbocycles. The molecule has 7 heteroatoms. The van der Waals surface area contributed by atoms with E-state index in [1.54, 1.807) is 11.3 Å². The van der Waals surface area contributed by atoms with Crippen LogP contribution in [0.3, 0.4) is 0 Å². The zero-order valence-electron chi connectivity index (χ0n) is 13.5. The van der Waals surface area contributed by atoms with Crippen LogP contribution in [0.5, 0.6) is 0 Å². The molecule has 0 aliphatic carbocycles. The molecule has 0 bridgehead atoms. The van der Waals surface area contributed by atoms with Crippen LogP contribution in [-0.2, 0) is 4.79 Å². The molecule has 3 heterocycles. The fourth-order valence-corrected chi connectivity index (χ4v) is 4.71. The monoisotopic (exact) mass is 345 g/mol. The van der Waals surface area contributed by atoms with Crippen molar-refractivity contribution in [1.29, 1.82) is 0 Å². The molecule has 6 nitrogen and oxygen atoms in total. The van der Waals surface area contributed by atoms with Crippen LogP contribution in [-0.4, -0.2) is 54.5 Å². The third-order valence-electron chi connectivity index (χ3n) is 4.84. The summed E-state index contributed by atoms with van der Waals surface area (Å²) in [5.41, 5.74) is 1.06. The molecule has 4 rings (SSSR count). The number of quaternary nitrogens is 1. The number of amides is 3. The zero-order chi connectivity index (χ0) is 16.5. The number of benzene rings is 1. The Morgan fingerprint density at radius 1 is 1.42 bits per heavy atom. The Balaban J connectivity index is 1.43. The van der Waals surface area contributed by atoms with E-state index >= 15 is 0 Å². The van der Waals surface area contributed by atoms with E-state index in [1.165, 1.54) is 19.5 Å². The highest BCUT2D eigenvalue weighted by Gasteiger charge is 2.32. The van der Waals surface area contributed by atoms with Crippen LogP contribution < -0.4 is 10.2 Å². The first-order chi connectivity index (χ1) is 11.7. The number of piperidine rings is 1. The van der Waals surface area contributed by atoms with Crippen molar-refractivity contribution in [1.82, 2.24) is 15.2 Å². The molecule has 24 heavy (non-hydrogen) atoms. The number of hydrogen-bond donors (Lipinski definition) is 2. The van der Waals surface area contributed by atoms with Gasteiger partial charge in [-0.3, -0.25) is 9.69 Å². The van der Waals surface area contributed by atoms with Crippen molar-refractivity contribution in [2.24, 2.45) is 0 Å². The van der Waals surface area contributed by atoms with Gasteiger partial charge in [0.15, 0.2) is 6.54 Å². The number of imide groups is 1. The number of nitrogens with one attached hydrogen (secondary N) is 2. The Kier molecular flexibility index (Phi) is 4.20. The van der Waals surface area contributed by atoms with Gasteiger partial charge in [0.1, 0.15) is 5.01 Å². The Labute approximate surface area is 144 Å². The van der Waals surface area contributed by atoms with Crippen LogP contribution >= 0.6 is 11.3 Å². The summed E-state index contributed by atoms with van der Waals surface area (Å²) in [6.45, 7) is 3.36. The van der Waals surface area contributed by atoms with Crippen LogP contribution in [0.4, 0.5) is 4.79 Å². The van der Waals surface area contributed by atoms with E-state index in [0.717, 1.165) is 31.4 Å². The summed E-state index contributed by atoms with van der Waals surface area (Å²) in [6, 6.07) is 7.98. The molecule has 2 saturated heterocycles. The van der Waals surface area contributed by atoms with Gasteiger partial charge in [-0.15, -0.1) is 11.3 Å². The first kappa shape index (κ1) is 15.5. The van der Waals surface area contributed by atoms with Crippen LogP contribution in [0.2, 0.25) is 0 Å². The van der Waals surface area contributed by atoms with Gasteiger partial charge in [-0.25, -0.2) is 9.78 Å². The lowest BCUT2D eigenvalue weighted by atomic mass is 9.99. The first-order valence-corrected chi connectivity index (χ1v) is 9.29. The minimum Gasteiger partial charge on any atom is -0.336 e. The highest BCUT2D eigenvalue weighted by molar-refractivity contribution is 7.18. The molecule has 2 atom stereocenters. The molecule has 0 spiro atoms. The molecule has 1 aromatic carbocycles. The van der Waals surface area contributed by atoms with Gasteiger partial charge in [0.2, 0.25) is 0 Å². The van der Waals surface area contributed by atoms with E-state index in [2.05, 4.69) is 17.4 Å². The molecule has 0 radical (unpaired) electrons. The van der Waals surface area contributed by atoms with E-state index in [4.69, 9.17) is 4.98 Å². The van der Waals surface area contributed by atoms with Crippen molar-refractivity contribution in [2.45, 2.75) is 18.8 Å². The quantitative estimate of drug-likeness (QED) is 0.857. The predicted octanol–water partition coefficient (Wildman–Crippen LogP) is 0.610. The maximum absolute atomic E-state index is 12.3. The molecule has 2 fully saturated rings. The molecule has 1 unspecified atom stereocenters. The van der Waals surface area contributed by atoms with Crippen LogP contribution in [0.1, 0.15) is 23.8 Å². The lowest BCUT2D eigenvalue weighted by Gasteiger charge is -2.29. The number of fused-ring (bicyclic) bond motifs is 1. The number of nitrogens with zero attached hydrogens (tertiary/aromatic N) is 2. The highest BCUT2D eigenvalue weighted by Crippen LogP contribution is 2.30. The number of likely N-dealkylation sites (tertiary alicyclic amines) is 1. The number of urea groups is 1. The van der Waals surface area contributed by atoms with Crippen molar-refractivity contribution in [3.63, 3.8) is 0 Å². The Hall–Kier alpha value is -1.99. The largest absolute Gasteiger partial charge is 0.336 e. The third kappa shape index (κ3) is 3.01. The van der Waals surface area contributed by atoms with Crippen molar-refractivity contribution in [3.8, 4) is 0 Å². The zero-order valence-corrected chi connectivity index (χ0v) is 14.3. The second-order valence-electron chi connectivity index (χ2n) is 6.52. The van der Waals surface area contributed by atoms with Gasteiger partial charge in [-0.1, -0.05) is 12.1 Å². The van der Waals surface area contributed by atoms with Crippen molar-refractivity contribution < 1.29 is 14.5 Å². The van der Waals surface area contributed by atoms with Gasteiger partial charge < -0.3 is 10.2 Å². The molecule has 2 N–H and O–H groups in total. The van der Waals surface area contributed by atoms with Gasteiger partial charge >= 0.3 is 6.03 Å². The van der Waals surface area contributed by atoms with E-state index in [9.17, 15) is 9.59 Å². The van der Waals surface area contributed by atoms with Crippen LogP contribution in [0.15, 0.2) is 24.3 Å². The van der Waals surface area contributed by atoms with Gasteiger partial charge in [0.05, 0.1) is 29.2 Å². The molecule has 1 aromatic heterocycles. The Morgan fingerprint density at radius 3 is 3.08 bits per heavy atom. The fraction of sp³-hybridized carbons (Fsp3) is 0.471.